The molecule has 1 rings (SSSR count). The van der Waals surface area contributed by atoms with E-state index >= 15 is 0 Å². The highest BCUT2D eigenvalue weighted by Gasteiger charge is 2.43. The number of carbonyl (C=O) groups is 2. The van der Waals surface area contributed by atoms with Gasteiger partial charge in [0.25, 0.3) is 0 Å². The van der Waals surface area contributed by atoms with Crippen LogP contribution < -0.4 is 5.32 Å². The summed E-state index contributed by atoms with van der Waals surface area (Å²) in [6.07, 6.45) is 1.45. The molecule has 1 aliphatic heterocycles. The number of nitrogens with one attached hydrogen (secondary N) is 1. The largest absolute Gasteiger partial charge is 0.444 e. The topological polar surface area (TPSA) is 58.6 Å². The summed E-state index contributed by atoms with van der Waals surface area (Å²) >= 11 is 0. The lowest BCUT2D eigenvalue weighted by Gasteiger charge is -2.39. The Labute approximate surface area is 134 Å². The van der Waals surface area contributed by atoms with Crippen molar-refractivity contribution in [3.63, 3.8) is 0 Å². The smallest absolute Gasteiger partial charge is 0.408 e. The number of amides is 2. The SMILES string of the molecule is CC(C)(C)OC(=O)NC(C(=O)N1CCCC1(C)C)C(C)(C)C. The molecule has 1 heterocycles. The zero-order chi connectivity index (χ0) is 17.3. The minimum absolute atomic E-state index is 0.0270. The van der Waals surface area contributed by atoms with E-state index in [1.807, 2.05) is 46.4 Å². The molecule has 0 aromatic carbocycles. The van der Waals surface area contributed by atoms with E-state index in [4.69, 9.17) is 4.74 Å². The highest BCUT2D eigenvalue weighted by Crippen LogP contribution is 2.31. The first-order chi connectivity index (χ1) is 9.74. The normalized spacial score (nSPS) is 19.7. The molecular formula is C17H32N2O3. The van der Waals surface area contributed by atoms with Gasteiger partial charge >= 0.3 is 6.09 Å². The molecule has 1 fully saturated rings. The van der Waals surface area contributed by atoms with Crippen LogP contribution in [0.5, 0.6) is 0 Å². The third-order valence-corrected chi connectivity index (χ3v) is 3.94. The van der Waals surface area contributed by atoms with Gasteiger partial charge in [-0.2, -0.15) is 0 Å². The number of hydrogen-bond acceptors (Lipinski definition) is 3. The van der Waals surface area contributed by atoms with Crippen molar-refractivity contribution < 1.29 is 14.3 Å². The Morgan fingerprint density at radius 2 is 1.68 bits per heavy atom. The molecule has 22 heavy (non-hydrogen) atoms. The van der Waals surface area contributed by atoms with Gasteiger partial charge in [0, 0.05) is 12.1 Å². The second kappa shape index (κ2) is 6.09. The van der Waals surface area contributed by atoms with E-state index in [1.165, 1.54) is 0 Å². The standard InChI is InChI=1S/C17H32N2O3/c1-15(2,3)12(18-14(21)22-16(4,5)6)13(20)19-11-9-10-17(19,7)8/h12H,9-11H2,1-8H3,(H,18,21). The average molecular weight is 312 g/mol. The predicted octanol–water partition coefficient (Wildman–Crippen LogP) is 3.33. The van der Waals surface area contributed by atoms with Crippen molar-refractivity contribution in [1.29, 1.82) is 0 Å². The fourth-order valence-corrected chi connectivity index (χ4v) is 2.75. The second-order valence-corrected chi connectivity index (χ2v) is 8.85. The quantitative estimate of drug-likeness (QED) is 0.851. The Kier molecular flexibility index (Phi) is 5.20. The number of rotatable bonds is 2. The second-order valence-electron chi connectivity index (χ2n) is 8.85. The van der Waals surface area contributed by atoms with Crippen LogP contribution >= 0.6 is 0 Å². The monoisotopic (exact) mass is 312 g/mol. The van der Waals surface area contributed by atoms with E-state index < -0.39 is 17.7 Å². The summed E-state index contributed by atoms with van der Waals surface area (Å²) in [7, 11) is 0. The first-order valence-electron chi connectivity index (χ1n) is 8.05. The van der Waals surface area contributed by atoms with E-state index in [9.17, 15) is 9.59 Å². The molecule has 128 valence electrons. The van der Waals surface area contributed by atoms with Gasteiger partial charge in [0.1, 0.15) is 11.6 Å². The summed E-state index contributed by atoms with van der Waals surface area (Å²) in [5, 5.41) is 2.78. The number of hydrogen-bond donors (Lipinski definition) is 1. The highest BCUT2D eigenvalue weighted by molar-refractivity contribution is 5.87. The molecule has 1 atom stereocenters. The van der Waals surface area contributed by atoms with Crippen LogP contribution in [-0.4, -0.2) is 40.6 Å². The van der Waals surface area contributed by atoms with Gasteiger partial charge in [-0.15, -0.1) is 0 Å². The molecule has 1 aliphatic rings. The van der Waals surface area contributed by atoms with Crippen LogP contribution in [0, 0.1) is 5.41 Å². The van der Waals surface area contributed by atoms with Crippen molar-refractivity contribution in [3.8, 4) is 0 Å². The summed E-state index contributed by atoms with van der Waals surface area (Å²) in [5.74, 6) is -0.0270. The first-order valence-corrected chi connectivity index (χ1v) is 8.05. The van der Waals surface area contributed by atoms with E-state index in [1.54, 1.807) is 0 Å². The molecule has 0 aromatic heterocycles. The number of likely N-dealkylation sites (tertiary alicyclic amines) is 1. The summed E-state index contributed by atoms with van der Waals surface area (Å²) in [6.45, 7) is 16.2. The Hall–Kier alpha value is -1.26. The molecular weight excluding hydrogens is 280 g/mol. The molecule has 0 saturated carbocycles. The number of ether oxygens (including phenoxy) is 1. The summed E-state index contributed by atoms with van der Waals surface area (Å²) in [5.41, 5.74) is -1.12. The lowest BCUT2D eigenvalue weighted by molar-refractivity contribution is -0.139. The van der Waals surface area contributed by atoms with Gasteiger partial charge < -0.3 is 15.0 Å². The van der Waals surface area contributed by atoms with Crippen LogP contribution in [0.1, 0.15) is 68.2 Å². The zero-order valence-corrected chi connectivity index (χ0v) is 15.4. The average Bonchev–Trinajstić information content (AvgIpc) is 2.61. The van der Waals surface area contributed by atoms with Gasteiger partial charge in [0.05, 0.1) is 0 Å². The molecule has 0 spiro atoms. The number of nitrogens with zero attached hydrogens (tertiary/aromatic N) is 1. The van der Waals surface area contributed by atoms with Gasteiger partial charge in [-0.25, -0.2) is 4.79 Å². The molecule has 2 amide bonds. The molecule has 0 aromatic rings. The van der Waals surface area contributed by atoms with Crippen molar-refractivity contribution in [2.45, 2.75) is 85.4 Å². The van der Waals surface area contributed by atoms with Crippen molar-refractivity contribution in [2.75, 3.05) is 6.54 Å². The van der Waals surface area contributed by atoms with E-state index in [0.29, 0.717) is 0 Å². The number of carbonyl (C=O) groups excluding carboxylic acids is 2. The van der Waals surface area contributed by atoms with Crippen molar-refractivity contribution >= 4 is 12.0 Å². The maximum atomic E-state index is 13.0. The fraction of sp³-hybridized carbons (Fsp3) is 0.882. The maximum Gasteiger partial charge on any atom is 0.408 e. The summed E-state index contributed by atoms with van der Waals surface area (Å²) in [4.78, 5) is 26.9. The number of alkyl carbamates (subject to hydrolysis) is 1. The van der Waals surface area contributed by atoms with E-state index in [-0.39, 0.29) is 16.9 Å². The van der Waals surface area contributed by atoms with Crippen LogP contribution in [0.2, 0.25) is 0 Å². The molecule has 5 heteroatoms. The lowest BCUT2D eigenvalue weighted by atomic mass is 9.85. The van der Waals surface area contributed by atoms with Crippen LogP contribution in [0.15, 0.2) is 0 Å². The van der Waals surface area contributed by atoms with E-state index in [0.717, 1.165) is 19.4 Å². The van der Waals surface area contributed by atoms with Crippen LogP contribution in [0.25, 0.3) is 0 Å². The fourth-order valence-electron chi connectivity index (χ4n) is 2.75. The third kappa shape index (κ3) is 4.89. The Morgan fingerprint density at radius 3 is 2.05 bits per heavy atom. The lowest BCUT2D eigenvalue weighted by Crippen LogP contribution is -2.58. The van der Waals surface area contributed by atoms with Crippen LogP contribution in [-0.2, 0) is 9.53 Å². The third-order valence-electron chi connectivity index (χ3n) is 3.94. The first kappa shape index (κ1) is 18.8. The minimum atomic E-state index is -0.597. The maximum absolute atomic E-state index is 13.0. The van der Waals surface area contributed by atoms with Gasteiger partial charge in [0.2, 0.25) is 5.91 Å². The van der Waals surface area contributed by atoms with Crippen molar-refractivity contribution in [1.82, 2.24) is 10.2 Å². The molecule has 1 unspecified atom stereocenters. The molecule has 1 N–H and O–H groups in total. The van der Waals surface area contributed by atoms with Crippen LogP contribution in [0.3, 0.4) is 0 Å². The van der Waals surface area contributed by atoms with Crippen molar-refractivity contribution in [3.05, 3.63) is 0 Å². The minimum Gasteiger partial charge on any atom is -0.444 e. The molecule has 0 radical (unpaired) electrons. The molecule has 0 aliphatic carbocycles. The summed E-state index contributed by atoms with van der Waals surface area (Å²) in [6, 6.07) is -0.597. The molecule has 0 bridgehead atoms. The van der Waals surface area contributed by atoms with Crippen LogP contribution in [0.4, 0.5) is 4.79 Å². The Bertz CT molecular complexity index is 430. The molecule has 5 nitrogen and oxygen atoms in total. The van der Waals surface area contributed by atoms with Gasteiger partial charge in [-0.05, 0) is 52.9 Å². The van der Waals surface area contributed by atoms with Gasteiger partial charge in [-0.3, -0.25) is 4.79 Å². The Morgan fingerprint density at radius 1 is 1.14 bits per heavy atom. The highest BCUT2D eigenvalue weighted by atomic mass is 16.6. The molecule has 1 saturated heterocycles. The Balaban J connectivity index is 2.90. The predicted molar refractivity (Wildman–Crippen MR) is 87.6 cm³/mol. The zero-order valence-electron chi connectivity index (χ0n) is 15.4. The van der Waals surface area contributed by atoms with Gasteiger partial charge in [-0.1, -0.05) is 20.8 Å². The van der Waals surface area contributed by atoms with Crippen molar-refractivity contribution in [2.24, 2.45) is 5.41 Å². The van der Waals surface area contributed by atoms with Gasteiger partial charge in [0.15, 0.2) is 0 Å². The van der Waals surface area contributed by atoms with E-state index in [2.05, 4.69) is 19.2 Å². The summed E-state index contributed by atoms with van der Waals surface area (Å²) < 4.78 is 5.31.